The summed E-state index contributed by atoms with van der Waals surface area (Å²) in [6.07, 6.45) is -0.396. The molecule has 0 saturated carbocycles. The lowest BCUT2D eigenvalue weighted by atomic mass is 10.1. The fraction of sp³-hybridized carbons (Fsp3) is 0.611. The summed E-state index contributed by atoms with van der Waals surface area (Å²) in [7, 11) is -3.57. The van der Waals surface area contributed by atoms with Crippen LogP contribution in [0.25, 0.3) is 0 Å². The quantitative estimate of drug-likeness (QED) is 0.805. The van der Waals surface area contributed by atoms with Gasteiger partial charge in [-0.1, -0.05) is 17.7 Å². The van der Waals surface area contributed by atoms with Gasteiger partial charge in [0.1, 0.15) is 5.60 Å². The molecule has 0 atom stereocenters. The summed E-state index contributed by atoms with van der Waals surface area (Å²) in [4.78, 5) is 14.1. The molecule has 6 nitrogen and oxygen atoms in total. The molecule has 0 spiro atoms. The summed E-state index contributed by atoms with van der Waals surface area (Å²) < 4.78 is 32.9. The number of amides is 1. The molecule has 1 heterocycles. The number of benzene rings is 1. The third kappa shape index (κ3) is 4.52. The normalized spacial score (nSPS) is 16.8. The Morgan fingerprint density at radius 1 is 1.00 bits per heavy atom. The number of hydrogen-bond acceptors (Lipinski definition) is 4. The molecule has 25 heavy (non-hydrogen) atoms. The van der Waals surface area contributed by atoms with Crippen LogP contribution >= 0.6 is 0 Å². The molecule has 1 fully saturated rings. The van der Waals surface area contributed by atoms with Gasteiger partial charge in [-0.15, -0.1) is 0 Å². The summed E-state index contributed by atoms with van der Waals surface area (Å²) in [6.45, 7) is 12.3. The van der Waals surface area contributed by atoms with Gasteiger partial charge in [0, 0.05) is 26.2 Å². The monoisotopic (exact) mass is 368 g/mol. The van der Waals surface area contributed by atoms with Gasteiger partial charge in [0.05, 0.1) is 4.90 Å². The molecule has 0 aromatic heterocycles. The van der Waals surface area contributed by atoms with E-state index in [2.05, 4.69) is 0 Å². The van der Waals surface area contributed by atoms with Gasteiger partial charge >= 0.3 is 6.09 Å². The number of rotatable bonds is 2. The maximum atomic E-state index is 13.0. The van der Waals surface area contributed by atoms with E-state index in [1.807, 2.05) is 53.7 Å². The van der Waals surface area contributed by atoms with E-state index in [1.165, 1.54) is 4.31 Å². The molecule has 1 amide bonds. The van der Waals surface area contributed by atoms with E-state index in [-0.39, 0.29) is 13.1 Å². The number of aryl methyl sites for hydroxylation is 3. The summed E-state index contributed by atoms with van der Waals surface area (Å²) in [6, 6.07) is 3.77. The van der Waals surface area contributed by atoms with Gasteiger partial charge in [0.25, 0.3) is 0 Å². The minimum Gasteiger partial charge on any atom is -0.444 e. The molecule has 0 radical (unpaired) electrons. The topological polar surface area (TPSA) is 66.9 Å². The molecule has 1 aromatic carbocycles. The van der Waals surface area contributed by atoms with Crippen molar-refractivity contribution in [2.75, 3.05) is 26.2 Å². The van der Waals surface area contributed by atoms with E-state index in [9.17, 15) is 13.2 Å². The Bertz CT molecular complexity index is 735. The fourth-order valence-corrected chi connectivity index (χ4v) is 4.97. The van der Waals surface area contributed by atoms with Crippen LogP contribution in [0.4, 0.5) is 4.79 Å². The Balaban J connectivity index is 2.14. The van der Waals surface area contributed by atoms with Crippen molar-refractivity contribution in [2.24, 2.45) is 0 Å². The Kier molecular flexibility index (Phi) is 5.49. The summed E-state index contributed by atoms with van der Waals surface area (Å²) >= 11 is 0. The molecular formula is C18H28N2O4S. The van der Waals surface area contributed by atoms with E-state index in [4.69, 9.17) is 4.74 Å². The first-order valence-corrected chi connectivity index (χ1v) is 9.92. The fourth-order valence-electron chi connectivity index (χ4n) is 3.14. The van der Waals surface area contributed by atoms with Gasteiger partial charge in [-0.05, 0) is 52.7 Å². The van der Waals surface area contributed by atoms with Crippen molar-refractivity contribution < 1.29 is 17.9 Å². The molecule has 0 unspecified atom stereocenters. The van der Waals surface area contributed by atoms with Crippen molar-refractivity contribution in [3.05, 3.63) is 28.8 Å². The minimum absolute atomic E-state index is 0.272. The van der Waals surface area contributed by atoms with Gasteiger partial charge in [-0.3, -0.25) is 0 Å². The predicted octanol–water partition coefficient (Wildman–Crippen LogP) is 2.85. The highest BCUT2D eigenvalue weighted by Crippen LogP contribution is 2.26. The van der Waals surface area contributed by atoms with Crippen LogP contribution in [0.5, 0.6) is 0 Å². The molecule has 2 rings (SSSR count). The molecule has 1 aromatic rings. The van der Waals surface area contributed by atoms with Crippen LogP contribution in [-0.4, -0.2) is 55.5 Å². The standard InChI is InChI=1S/C18H28N2O4S/c1-13-11-14(2)16(15(3)12-13)25(22,23)20-9-7-19(8-10-20)17(21)24-18(4,5)6/h11-12H,7-10H2,1-6H3. The Morgan fingerprint density at radius 3 is 1.92 bits per heavy atom. The highest BCUT2D eigenvalue weighted by atomic mass is 32.2. The number of hydrogen-bond donors (Lipinski definition) is 0. The second-order valence-electron chi connectivity index (χ2n) is 7.60. The number of carbonyl (C=O) groups is 1. The maximum Gasteiger partial charge on any atom is 0.410 e. The van der Waals surface area contributed by atoms with E-state index in [0.717, 1.165) is 16.7 Å². The highest BCUT2D eigenvalue weighted by molar-refractivity contribution is 7.89. The zero-order valence-electron chi connectivity index (χ0n) is 15.9. The molecule has 140 valence electrons. The van der Waals surface area contributed by atoms with E-state index < -0.39 is 21.7 Å². The summed E-state index contributed by atoms with van der Waals surface area (Å²) in [5, 5.41) is 0. The number of carbonyl (C=O) groups excluding carboxylic acids is 1. The van der Waals surface area contributed by atoms with Crippen molar-refractivity contribution >= 4 is 16.1 Å². The van der Waals surface area contributed by atoms with Crippen LogP contribution in [0.3, 0.4) is 0 Å². The van der Waals surface area contributed by atoms with Crippen LogP contribution in [0.1, 0.15) is 37.5 Å². The van der Waals surface area contributed by atoms with E-state index in [0.29, 0.717) is 18.0 Å². The van der Waals surface area contributed by atoms with Crippen molar-refractivity contribution in [1.82, 2.24) is 9.21 Å². The minimum atomic E-state index is -3.57. The van der Waals surface area contributed by atoms with Crippen molar-refractivity contribution in [2.45, 2.75) is 52.0 Å². The number of sulfonamides is 1. The molecule has 7 heteroatoms. The van der Waals surface area contributed by atoms with Crippen molar-refractivity contribution in [1.29, 1.82) is 0 Å². The highest BCUT2D eigenvalue weighted by Gasteiger charge is 2.33. The van der Waals surface area contributed by atoms with Crippen LogP contribution in [-0.2, 0) is 14.8 Å². The van der Waals surface area contributed by atoms with Crippen molar-refractivity contribution in [3.63, 3.8) is 0 Å². The Labute approximate surface area is 150 Å². The van der Waals surface area contributed by atoms with E-state index in [1.54, 1.807) is 4.90 Å². The second kappa shape index (κ2) is 6.96. The van der Waals surface area contributed by atoms with Gasteiger partial charge in [0.15, 0.2) is 0 Å². The van der Waals surface area contributed by atoms with Gasteiger partial charge < -0.3 is 9.64 Å². The summed E-state index contributed by atoms with van der Waals surface area (Å²) in [5.41, 5.74) is 2.00. The molecule has 0 aliphatic carbocycles. The van der Waals surface area contributed by atoms with Crippen LogP contribution in [0.2, 0.25) is 0 Å². The number of piperazine rings is 1. The molecule has 0 bridgehead atoms. The predicted molar refractivity (Wildman–Crippen MR) is 97.2 cm³/mol. The molecule has 1 saturated heterocycles. The zero-order valence-corrected chi connectivity index (χ0v) is 16.7. The first kappa shape index (κ1) is 19.7. The average Bonchev–Trinajstić information content (AvgIpc) is 2.44. The van der Waals surface area contributed by atoms with Gasteiger partial charge in [-0.2, -0.15) is 4.31 Å². The molecule has 0 N–H and O–H groups in total. The Hall–Kier alpha value is -1.60. The lowest BCUT2D eigenvalue weighted by Crippen LogP contribution is -2.51. The first-order valence-electron chi connectivity index (χ1n) is 8.48. The Morgan fingerprint density at radius 2 is 1.48 bits per heavy atom. The lowest BCUT2D eigenvalue weighted by molar-refractivity contribution is 0.0192. The molecule has 1 aliphatic heterocycles. The SMILES string of the molecule is Cc1cc(C)c(S(=O)(=O)N2CCN(C(=O)OC(C)(C)C)CC2)c(C)c1. The molecule has 1 aliphatic rings. The average molecular weight is 368 g/mol. The van der Waals surface area contributed by atoms with E-state index >= 15 is 0 Å². The smallest absolute Gasteiger partial charge is 0.410 e. The second-order valence-corrected chi connectivity index (χ2v) is 9.47. The molecular weight excluding hydrogens is 340 g/mol. The van der Waals surface area contributed by atoms with Gasteiger partial charge in [0.2, 0.25) is 10.0 Å². The maximum absolute atomic E-state index is 13.0. The lowest BCUT2D eigenvalue weighted by Gasteiger charge is -2.35. The third-order valence-corrected chi connectivity index (χ3v) is 6.30. The van der Waals surface area contributed by atoms with Crippen LogP contribution in [0.15, 0.2) is 17.0 Å². The van der Waals surface area contributed by atoms with Crippen LogP contribution in [0, 0.1) is 20.8 Å². The zero-order chi connectivity index (χ0) is 19.0. The third-order valence-electron chi connectivity index (χ3n) is 4.09. The van der Waals surface area contributed by atoms with Crippen LogP contribution < -0.4 is 0 Å². The van der Waals surface area contributed by atoms with Gasteiger partial charge in [-0.25, -0.2) is 13.2 Å². The first-order chi connectivity index (χ1) is 11.4. The largest absolute Gasteiger partial charge is 0.444 e. The number of nitrogens with zero attached hydrogens (tertiary/aromatic N) is 2. The van der Waals surface area contributed by atoms with Crippen molar-refractivity contribution in [3.8, 4) is 0 Å². The number of ether oxygens (including phenoxy) is 1. The summed E-state index contributed by atoms with van der Waals surface area (Å²) in [5.74, 6) is 0.